The number of hydrogen-bond acceptors (Lipinski definition) is 2. The highest BCUT2D eigenvalue weighted by molar-refractivity contribution is 5.80. The average Bonchev–Trinajstić information content (AvgIpc) is 2.80. The van der Waals surface area contributed by atoms with Gasteiger partial charge in [0.2, 0.25) is 0 Å². The van der Waals surface area contributed by atoms with E-state index >= 15 is 0 Å². The van der Waals surface area contributed by atoms with Crippen molar-refractivity contribution < 1.29 is 5.11 Å². The molecule has 0 aliphatic rings. The number of aliphatic hydroxyl groups is 1. The zero-order valence-electron chi connectivity index (χ0n) is 10.9. The molecule has 0 bridgehead atoms. The molecule has 1 N–H and O–H groups in total. The molecule has 19 heavy (non-hydrogen) atoms. The summed E-state index contributed by atoms with van der Waals surface area (Å²) in [5.41, 5.74) is 4.34. The van der Waals surface area contributed by atoms with Crippen LogP contribution < -0.4 is 0 Å². The van der Waals surface area contributed by atoms with Gasteiger partial charge in [-0.2, -0.15) is 0 Å². The monoisotopic (exact) mass is 252 g/mol. The van der Waals surface area contributed by atoms with Gasteiger partial charge in [-0.3, -0.25) is 0 Å². The maximum Gasteiger partial charge on any atom is 0.140 e. The molecule has 0 atom stereocenters. The van der Waals surface area contributed by atoms with Gasteiger partial charge in [0, 0.05) is 29.9 Å². The summed E-state index contributed by atoms with van der Waals surface area (Å²) in [5.74, 6) is 0. The van der Waals surface area contributed by atoms with E-state index in [1.807, 2.05) is 18.3 Å². The Morgan fingerprint density at radius 1 is 1.16 bits per heavy atom. The Labute approximate surface area is 112 Å². The van der Waals surface area contributed by atoms with Crippen molar-refractivity contribution in [1.82, 2.24) is 9.55 Å². The number of aromatic nitrogens is 2. The third-order valence-electron chi connectivity index (χ3n) is 3.36. The molecule has 3 rings (SSSR count). The Kier molecular flexibility index (Phi) is 3.05. The number of nitrogens with zero attached hydrogens (tertiary/aromatic N) is 2. The summed E-state index contributed by atoms with van der Waals surface area (Å²) in [6, 6.07) is 12.4. The van der Waals surface area contributed by atoms with Gasteiger partial charge in [-0.1, -0.05) is 29.8 Å². The fraction of sp³-hybridized carbons (Fsp3) is 0.188. The van der Waals surface area contributed by atoms with Gasteiger partial charge < -0.3 is 9.67 Å². The van der Waals surface area contributed by atoms with Gasteiger partial charge in [0.25, 0.3) is 0 Å². The predicted molar refractivity (Wildman–Crippen MR) is 75.9 cm³/mol. The highest BCUT2D eigenvalue weighted by Crippen LogP contribution is 2.20. The number of pyridine rings is 1. The van der Waals surface area contributed by atoms with E-state index in [0.717, 1.165) is 23.1 Å². The quantitative estimate of drug-likeness (QED) is 0.778. The van der Waals surface area contributed by atoms with Crippen molar-refractivity contribution >= 4 is 11.0 Å². The minimum Gasteiger partial charge on any atom is -0.392 e. The SMILES string of the molecule is Cc1ccc(Cn2cc(CO)c3cccnc32)cc1. The Balaban J connectivity index is 2.03. The maximum absolute atomic E-state index is 9.41. The third kappa shape index (κ3) is 2.25. The van der Waals surface area contributed by atoms with Gasteiger partial charge in [-0.25, -0.2) is 4.98 Å². The Morgan fingerprint density at radius 3 is 2.68 bits per heavy atom. The van der Waals surface area contributed by atoms with E-state index in [1.165, 1.54) is 11.1 Å². The van der Waals surface area contributed by atoms with Crippen molar-refractivity contribution in [2.24, 2.45) is 0 Å². The summed E-state index contributed by atoms with van der Waals surface area (Å²) in [6.07, 6.45) is 3.77. The molecule has 2 heterocycles. The lowest BCUT2D eigenvalue weighted by Crippen LogP contribution is -1.98. The molecule has 3 aromatic rings. The van der Waals surface area contributed by atoms with E-state index < -0.39 is 0 Å². The maximum atomic E-state index is 9.41. The summed E-state index contributed by atoms with van der Waals surface area (Å²) in [7, 11) is 0. The Hall–Kier alpha value is -2.13. The van der Waals surface area contributed by atoms with Crippen LogP contribution in [-0.2, 0) is 13.2 Å². The fourth-order valence-corrected chi connectivity index (χ4v) is 2.33. The van der Waals surface area contributed by atoms with Crippen LogP contribution in [0.15, 0.2) is 48.8 Å². The molecule has 0 saturated heterocycles. The van der Waals surface area contributed by atoms with Crippen molar-refractivity contribution in [3.63, 3.8) is 0 Å². The minimum atomic E-state index is 0.0447. The average molecular weight is 252 g/mol. The van der Waals surface area contributed by atoms with Gasteiger partial charge in [-0.05, 0) is 24.6 Å². The normalized spacial score (nSPS) is 11.1. The van der Waals surface area contributed by atoms with Crippen LogP contribution in [0.5, 0.6) is 0 Å². The molecule has 0 fully saturated rings. The van der Waals surface area contributed by atoms with Crippen LogP contribution in [0.3, 0.4) is 0 Å². The second-order valence-corrected chi connectivity index (χ2v) is 4.80. The van der Waals surface area contributed by atoms with Crippen molar-refractivity contribution in [1.29, 1.82) is 0 Å². The molecule has 3 heteroatoms. The lowest BCUT2D eigenvalue weighted by molar-refractivity contribution is 0.283. The standard InChI is InChI=1S/C16H16N2O/c1-12-4-6-13(7-5-12)9-18-10-14(11-19)15-3-2-8-17-16(15)18/h2-8,10,19H,9,11H2,1H3. The van der Waals surface area contributed by atoms with Crippen molar-refractivity contribution in [3.05, 3.63) is 65.5 Å². The third-order valence-corrected chi connectivity index (χ3v) is 3.36. The van der Waals surface area contributed by atoms with E-state index in [4.69, 9.17) is 0 Å². The van der Waals surface area contributed by atoms with Gasteiger partial charge in [-0.15, -0.1) is 0 Å². The van der Waals surface area contributed by atoms with Crippen LogP contribution >= 0.6 is 0 Å². The number of benzene rings is 1. The van der Waals surface area contributed by atoms with Crippen LogP contribution in [0.1, 0.15) is 16.7 Å². The van der Waals surface area contributed by atoms with Crippen molar-refractivity contribution in [2.45, 2.75) is 20.1 Å². The summed E-state index contributed by atoms with van der Waals surface area (Å²) in [5, 5.41) is 10.4. The molecular formula is C16H16N2O. The molecule has 0 aliphatic carbocycles. The minimum absolute atomic E-state index is 0.0447. The molecule has 0 saturated carbocycles. The predicted octanol–water partition coefficient (Wildman–Crippen LogP) is 2.89. The molecular weight excluding hydrogens is 236 g/mol. The Bertz CT molecular complexity index is 698. The summed E-state index contributed by atoms with van der Waals surface area (Å²) < 4.78 is 2.09. The zero-order chi connectivity index (χ0) is 13.2. The lowest BCUT2D eigenvalue weighted by atomic mass is 10.1. The van der Waals surface area contributed by atoms with Crippen LogP contribution in [0.25, 0.3) is 11.0 Å². The van der Waals surface area contributed by atoms with E-state index in [2.05, 4.69) is 40.7 Å². The van der Waals surface area contributed by atoms with E-state index in [0.29, 0.717) is 0 Å². The van der Waals surface area contributed by atoms with E-state index in [1.54, 1.807) is 6.20 Å². The zero-order valence-corrected chi connectivity index (χ0v) is 10.9. The molecule has 2 aromatic heterocycles. The molecule has 0 aliphatic heterocycles. The van der Waals surface area contributed by atoms with Gasteiger partial charge in [0.1, 0.15) is 5.65 Å². The molecule has 3 nitrogen and oxygen atoms in total. The van der Waals surface area contributed by atoms with Gasteiger partial charge >= 0.3 is 0 Å². The van der Waals surface area contributed by atoms with Crippen LogP contribution in [0.4, 0.5) is 0 Å². The molecule has 96 valence electrons. The van der Waals surface area contributed by atoms with Crippen LogP contribution in [0.2, 0.25) is 0 Å². The molecule has 0 spiro atoms. The van der Waals surface area contributed by atoms with Crippen molar-refractivity contribution in [2.75, 3.05) is 0 Å². The number of rotatable bonds is 3. The number of aryl methyl sites for hydroxylation is 1. The molecule has 0 radical (unpaired) electrons. The highest BCUT2D eigenvalue weighted by Gasteiger charge is 2.08. The number of hydrogen-bond donors (Lipinski definition) is 1. The highest BCUT2D eigenvalue weighted by atomic mass is 16.3. The van der Waals surface area contributed by atoms with Gasteiger partial charge in [0.15, 0.2) is 0 Å². The smallest absolute Gasteiger partial charge is 0.140 e. The molecule has 1 aromatic carbocycles. The summed E-state index contributed by atoms with van der Waals surface area (Å²) >= 11 is 0. The van der Waals surface area contributed by atoms with Crippen LogP contribution in [0, 0.1) is 6.92 Å². The molecule has 0 unspecified atom stereocenters. The topological polar surface area (TPSA) is 38.0 Å². The Morgan fingerprint density at radius 2 is 1.95 bits per heavy atom. The van der Waals surface area contributed by atoms with E-state index in [-0.39, 0.29) is 6.61 Å². The first-order valence-corrected chi connectivity index (χ1v) is 6.37. The van der Waals surface area contributed by atoms with Crippen LogP contribution in [-0.4, -0.2) is 14.7 Å². The fourth-order valence-electron chi connectivity index (χ4n) is 2.33. The largest absolute Gasteiger partial charge is 0.392 e. The second-order valence-electron chi connectivity index (χ2n) is 4.80. The van der Waals surface area contributed by atoms with Crippen molar-refractivity contribution in [3.8, 4) is 0 Å². The summed E-state index contributed by atoms with van der Waals surface area (Å²) in [6.45, 7) is 2.90. The molecule has 0 amide bonds. The van der Waals surface area contributed by atoms with E-state index in [9.17, 15) is 5.11 Å². The lowest BCUT2D eigenvalue weighted by Gasteiger charge is -2.05. The first-order valence-electron chi connectivity index (χ1n) is 6.37. The summed E-state index contributed by atoms with van der Waals surface area (Å²) in [4.78, 5) is 4.42. The first kappa shape index (κ1) is 11.9. The first-order chi connectivity index (χ1) is 9.28. The number of fused-ring (bicyclic) bond motifs is 1. The van der Waals surface area contributed by atoms with Gasteiger partial charge in [0.05, 0.1) is 6.61 Å². The number of aliphatic hydroxyl groups excluding tert-OH is 1. The second kappa shape index (κ2) is 4.86.